The number of rotatable bonds is 9. The Hall–Kier alpha value is -1.36. The SMILES string of the molecule is CCCCCC(C)NC(=O)c1coc(C(N)C(C)CC)n1. The van der Waals surface area contributed by atoms with Gasteiger partial charge in [-0.1, -0.05) is 46.5 Å². The van der Waals surface area contributed by atoms with Gasteiger partial charge in [0.1, 0.15) is 6.26 Å². The van der Waals surface area contributed by atoms with E-state index in [1.54, 1.807) is 0 Å². The Bertz CT molecular complexity index is 431. The average molecular weight is 295 g/mol. The molecule has 0 saturated heterocycles. The van der Waals surface area contributed by atoms with E-state index in [1.807, 2.05) is 13.8 Å². The molecule has 0 fully saturated rings. The number of nitrogens with zero attached hydrogens (tertiary/aromatic N) is 1. The van der Waals surface area contributed by atoms with Gasteiger partial charge in [0.25, 0.3) is 5.91 Å². The summed E-state index contributed by atoms with van der Waals surface area (Å²) >= 11 is 0. The van der Waals surface area contributed by atoms with Gasteiger partial charge >= 0.3 is 0 Å². The number of amides is 1. The first-order chi connectivity index (χ1) is 9.99. The van der Waals surface area contributed by atoms with Crippen molar-refractivity contribution in [2.24, 2.45) is 11.7 Å². The summed E-state index contributed by atoms with van der Waals surface area (Å²) in [4.78, 5) is 16.3. The summed E-state index contributed by atoms with van der Waals surface area (Å²) in [6.45, 7) is 8.30. The summed E-state index contributed by atoms with van der Waals surface area (Å²) in [5.41, 5.74) is 6.37. The molecular formula is C16H29N3O2. The quantitative estimate of drug-likeness (QED) is 0.684. The monoisotopic (exact) mass is 295 g/mol. The van der Waals surface area contributed by atoms with Crippen LogP contribution >= 0.6 is 0 Å². The minimum atomic E-state index is -0.265. The second kappa shape index (κ2) is 8.82. The van der Waals surface area contributed by atoms with Gasteiger partial charge in [-0.05, 0) is 19.3 Å². The molecule has 5 heteroatoms. The van der Waals surface area contributed by atoms with E-state index >= 15 is 0 Å². The molecule has 3 unspecified atom stereocenters. The van der Waals surface area contributed by atoms with Crippen molar-refractivity contribution in [2.45, 2.75) is 71.9 Å². The lowest BCUT2D eigenvalue weighted by Crippen LogP contribution is -2.32. The number of carbonyl (C=O) groups excluding carboxylic acids is 1. The van der Waals surface area contributed by atoms with Crippen LogP contribution in [0.15, 0.2) is 10.7 Å². The molecule has 0 aromatic carbocycles. The average Bonchev–Trinajstić information content (AvgIpc) is 2.95. The fraction of sp³-hybridized carbons (Fsp3) is 0.750. The Kier molecular flexibility index (Phi) is 7.43. The van der Waals surface area contributed by atoms with Crippen molar-refractivity contribution >= 4 is 5.91 Å². The zero-order valence-corrected chi connectivity index (χ0v) is 13.7. The normalized spacial score (nSPS) is 15.5. The lowest BCUT2D eigenvalue weighted by atomic mass is 10.0. The maximum atomic E-state index is 12.1. The predicted octanol–water partition coefficient (Wildman–Crippen LogP) is 3.42. The Labute approximate surface area is 127 Å². The van der Waals surface area contributed by atoms with Crippen LogP contribution in [0.5, 0.6) is 0 Å². The number of nitrogens with two attached hydrogens (primary N) is 1. The van der Waals surface area contributed by atoms with E-state index < -0.39 is 0 Å². The molecule has 1 amide bonds. The molecule has 0 saturated carbocycles. The lowest BCUT2D eigenvalue weighted by Gasteiger charge is -2.14. The zero-order valence-electron chi connectivity index (χ0n) is 13.7. The predicted molar refractivity (Wildman–Crippen MR) is 84.0 cm³/mol. The van der Waals surface area contributed by atoms with Crippen LogP contribution in [0.1, 0.15) is 82.2 Å². The van der Waals surface area contributed by atoms with Crippen molar-refractivity contribution < 1.29 is 9.21 Å². The van der Waals surface area contributed by atoms with E-state index in [4.69, 9.17) is 10.2 Å². The van der Waals surface area contributed by atoms with Crippen molar-refractivity contribution in [3.05, 3.63) is 17.8 Å². The van der Waals surface area contributed by atoms with Gasteiger partial charge in [0.15, 0.2) is 5.69 Å². The third-order valence-electron chi connectivity index (χ3n) is 3.91. The van der Waals surface area contributed by atoms with Crippen molar-refractivity contribution in [1.29, 1.82) is 0 Å². The van der Waals surface area contributed by atoms with Crippen LogP contribution in [-0.2, 0) is 0 Å². The van der Waals surface area contributed by atoms with Gasteiger partial charge in [-0.2, -0.15) is 0 Å². The number of oxazole rings is 1. The topological polar surface area (TPSA) is 81.2 Å². The molecule has 3 N–H and O–H groups in total. The van der Waals surface area contributed by atoms with Gasteiger partial charge in [-0.3, -0.25) is 4.79 Å². The van der Waals surface area contributed by atoms with Gasteiger partial charge in [0.2, 0.25) is 5.89 Å². The first kappa shape index (κ1) is 17.7. The highest BCUT2D eigenvalue weighted by atomic mass is 16.3. The summed E-state index contributed by atoms with van der Waals surface area (Å²) in [6.07, 6.45) is 6.82. The maximum Gasteiger partial charge on any atom is 0.273 e. The molecule has 0 bridgehead atoms. The smallest absolute Gasteiger partial charge is 0.273 e. The van der Waals surface area contributed by atoms with Crippen molar-refractivity contribution in [2.75, 3.05) is 0 Å². The van der Waals surface area contributed by atoms with E-state index in [0.717, 1.165) is 19.3 Å². The van der Waals surface area contributed by atoms with Crippen LogP contribution < -0.4 is 11.1 Å². The van der Waals surface area contributed by atoms with Gasteiger partial charge < -0.3 is 15.5 Å². The summed E-state index contributed by atoms with van der Waals surface area (Å²) in [6, 6.07) is -0.119. The number of nitrogens with one attached hydrogen (secondary N) is 1. The molecule has 0 aliphatic heterocycles. The second-order valence-electron chi connectivity index (χ2n) is 5.85. The fourth-order valence-electron chi connectivity index (χ4n) is 2.11. The fourth-order valence-corrected chi connectivity index (χ4v) is 2.11. The largest absolute Gasteiger partial charge is 0.446 e. The molecule has 1 aromatic heterocycles. The van der Waals surface area contributed by atoms with Crippen LogP contribution in [0.25, 0.3) is 0 Å². The number of hydrogen-bond acceptors (Lipinski definition) is 4. The van der Waals surface area contributed by atoms with Gasteiger partial charge in [-0.15, -0.1) is 0 Å². The summed E-state index contributed by atoms with van der Waals surface area (Å²) < 4.78 is 5.35. The Morgan fingerprint density at radius 1 is 1.38 bits per heavy atom. The van der Waals surface area contributed by atoms with E-state index in [2.05, 4.69) is 24.1 Å². The molecule has 1 rings (SSSR count). The van der Waals surface area contributed by atoms with Crippen LogP contribution in [0.2, 0.25) is 0 Å². The molecule has 0 spiro atoms. The minimum absolute atomic E-state index is 0.146. The summed E-state index contributed by atoms with van der Waals surface area (Å²) in [5.74, 6) is 0.519. The van der Waals surface area contributed by atoms with Gasteiger partial charge in [-0.25, -0.2) is 4.98 Å². The van der Waals surface area contributed by atoms with Crippen LogP contribution in [0.3, 0.4) is 0 Å². The number of aromatic nitrogens is 1. The molecule has 0 radical (unpaired) electrons. The molecule has 120 valence electrons. The molecule has 0 aliphatic rings. The molecular weight excluding hydrogens is 266 g/mol. The first-order valence-corrected chi connectivity index (χ1v) is 8.01. The number of hydrogen-bond donors (Lipinski definition) is 2. The Balaban J connectivity index is 2.54. The van der Waals surface area contributed by atoms with Gasteiger partial charge in [0, 0.05) is 6.04 Å². The van der Waals surface area contributed by atoms with Crippen LogP contribution in [0.4, 0.5) is 0 Å². The van der Waals surface area contributed by atoms with Crippen molar-refractivity contribution in [3.63, 3.8) is 0 Å². The third kappa shape index (κ3) is 5.50. The summed E-state index contributed by atoms with van der Waals surface area (Å²) in [7, 11) is 0. The highest BCUT2D eigenvalue weighted by Crippen LogP contribution is 2.21. The molecule has 1 heterocycles. The van der Waals surface area contributed by atoms with E-state index in [0.29, 0.717) is 11.6 Å². The molecule has 5 nitrogen and oxygen atoms in total. The first-order valence-electron chi connectivity index (χ1n) is 8.01. The third-order valence-corrected chi connectivity index (χ3v) is 3.91. The van der Waals surface area contributed by atoms with Crippen molar-refractivity contribution in [3.8, 4) is 0 Å². The molecule has 1 aromatic rings. The van der Waals surface area contributed by atoms with Crippen molar-refractivity contribution in [1.82, 2.24) is 10.3 Å². The lowest BCUT2D eigenvalue weighted by molar-refractivity contribution is 0.0933. The number of unbranched alkanes of at least 4 members (excludes halogenated alkanes) is 2. The Morgan fingerprint density at radius 3 is 2.71 bits per heavy atom. The summed E-state index contributed by atoms with van der Waals surface area (Å²) in [5, 5.41) is 2.95. The van der Waals surface area contributed by atoms with Crippen LogP contribution in [-0.4, -0.2) is 16.9 Å². The zero-order chi connectivity index (χ0) is 15.8. The van der Waals surface area contributed by atoms with Gasteiger partial charge in [0.05, 0.1) is 6.04 Å². The maximum absolute atomic E-state index is 12.1. The molecule has 3 atom stereocenters. The molecule has 0 aliphatic carbocycles. The van der Waals surface area contributed by atoms with E-state index in [1.165, 1.54) is 19.1 Å². The molecule has 21 heavy (non-hydrogen) atoms. The minimum Gasteiger partial charge on any atom is -0.446 e. The second-order valence-corrected chi connectivity index (χ2v) is 5.85. The van der Waals surface area contributed by atoms with E-state index in [9.17, 15) is 4.79 Å². The highest BCUT2D eigenvalue weighted by molar-refractivity contribution is 5.92. The number of carbonyl (C=O) groups is 1. The van der Waals surface area contributed by atoms with Crippen LogP contribution in [0, 0.1) is 5.92 Å². The standard InChI is InChI=1S/C16H29N3O2/c1-5-7-8-9-12(4)18-15(20)13-10-21-16(19-13)14(17)11(3)6-2/h10-12,14H,5-9,17H2,1-4H3,(H,18,20). The Morgan fingerprint density at radius 2 is 2.10 bits per heavy atom. The highest BCUT2D eigenvalue weighted by Gasteiger charge is 2.21. The van der Waals surface area contributed by atoms with E-state index in [-0.39, 0.29) is 23.9 Å².